The molecule has 0 unspecified atom stereocenters. The third-order valence-electron chi connectivity index (χ3n) is 7.02. The summed E-state index contributed by atoms with van der Waals surface area (Å²) in [6.07, 6.45) is 5.50. The minimum Gasteiger partial charge on any atom is -0.414 e. The summed E-state index contributed by atoms with van der Waals surface area (Å²) in [6, 6.07) is 10.3. The van der Waals surface area contributed by atoms with E-state index < -0.39 is 8.32 Å². The Morgan fingerprint density at radius 2 is 1.85 bits per heavy atom. The molecule has 0 radical (unpaired) electrons. The second kappa shape index (κ2) is 13.7. The molecule has 1 saturated carbocycles. The number of hydrogen-bond donors (Lipinski definition) is 0. The molecule has 1 aliphatic rings. The van der Waals surface area contributed by atoms with Gasteiger partial charge in [0.1, 0.15) is 6.79 Å². The van der Waals surface area contributed by atoms with Gasteiger partial charge in [0.2, 0.25) is 0 Å². The lowest BCUT2D eigenvalue weighted by molar-refractivity contribution is -0.0711. The molecule has 0 bridgehead atoms. The van der Waals surface area contributed by atoms with Crippen molar-refractivity contribution < 1.29 is 18.6 Å². The SMILES string of the molecule is COCO[C@@H]1C[C@@H](COCc2ccccc2)[C@H](C#CCCC[C@H](C)O[Si](C)(C)C(C)(C)C)C1. The van der Waals surface area contributed by atoms with Crippen molar-refractivity contribution in [3.63, 3.8) is 0 Å². The van der Waals surface area contributed by atoms with E-state index in [9.17, 15) is 0 Å². The quantitative estimate of drug-likeness (QED) is 0.144. The van der Waals surface area contributed by atoms with Crippen LogP contribution in [0.2, 0.25) is 18.1 Å². The highest BCUT2D eigenvalue weighted by atomic mass is 28.4. The molecular formula is C28H46O4Si. The number of hydrogen-bond acceptors (Lipinski definition) is 4. The normalized spacial score (nSPS) is 22.1. The summed E-state index contributed by atoms with van der Waals surface area (Å²) in [4.78, 5) is 0. The molecule has 0 spiro atoms. The van der Waals surface area contributed by atoms with E-state index in [4.69, 9.17) is 18.6 Å². The van der Waals surface area contributed by atoms with E-state index in [2.05, 4.69) is 76.9 Å². The van der Waals surface area contributed by atoms with Crippen molar-refractivity contribution >= 4 is 8.32 Å². The van der Waals surface area contributed by atoms with Crippen LogP contribution in [-0.2, 0) is 25.2 Å². The third-order valence-corrected chi connectivity index (χ3v) is 11.6. The Hall–Kier alpha value is -1.16. The Balaban J connectivity index is 1.80. The van der Waals surface area contributed by atoms with Gasteiger partial charge >= 0.3 is 0 Å². The number of unbranched alkanes of at least 4 members (excludes halogenated alkanes) is 1. The van der Waals surface area contributed by atoms with Gasteiger partial charge in [0.25, 0.3) is 0 Å². The van der Waals surface area contributed by atoms with E-state index in [1.807, 2.05) is 6.07 Å². The summed E-state index contributed by atoms with van der Waals surface area (Å²) in [7, 11) is -0.0281. The van der Waals surface area contributed by atoms with Crippen molar-refractivity contribution in [2.75, 3.05) is 20.5 Å². The van der Waals surface area contributed by atoms with Crippen LogP contribution in [0.3, 0.4) is 0 Å². The summed E-state index contributed by atoms with van der Waals surface area (Å²) >= 11 is 0. The van der Waals surface area contributed by atoms with Gasteiger partial charge in [0.05, 0.1) is 19.3 Å². The second-order valence-electron chi connectivity index (χ2n) is 10.9. The first-order valence-electron chi connectivity index (χ1n) is 12.5. The molecule has 5 heteroatoms. The van der Waals surface area contributed by atoms with Crippen molar-refractivity contribution in [2.24, 2.45) is 11.8 Å². The summed E-state index contributed by atoms with van der Waals surface area (Å²) in [6.45, 7) is 15.5. The second-order valence-corrected chi connectivity index (χ2v) is 15.7. The van der Waals surface area contributed by atoms with Gasteiger partial charge in [-0.15, -0.1) is 5.92 Å². The summed E-state index contributed by atoms with van der Waals surface area (Å²) in [5.41, 5.74) is 1.21. The largest absolute Gasteiger partial charge is 0.414 e. The zero-order valence-corrected chi connectivity index (χ0v) is 23.0. The zero-order chi connectivity index (χ0) is 24.3. The molecule has 1 aliphatic carbocycles. The van der Waals surface area contributed by atoms with Crippen molar-refractivity contribution in [3.05, 3.63) is 35.9 Å². The Labute approximate surface area is 203 Å². The zero-order valence-electron chi connectivity index (χ0n) is 22.0. The molecule has 0 aliphatic heterocycles. The Morgan fingerprint density at radius 3 is 2.52 bits per heavy atom. The van der Waals surface area contributed by atoms with Crippen molar-refractivity contribution in [3.8, 4) is 11.8 Å². The molecule has 0 saturated heterocycles. The van der Waals surface area contributed by atoms with Crippen LogP contribution >= 0.6 is 0 Å². The molecule has 33 heavy (non-hydrogen) atoms. The van der Waals surface area contributed by atoms with Crippen LogP contribution in [0.15, 0.2) is 30.3 Å². The predicted molar refractivity (Wildman–Crippen MR) is 138 cm³/mol. The van der Waals surface area contributed by atoms with Gasteiger partial charge in [-0.2, -0.15) is 0 Å². The van der Waals surface area contributed by atoms with Crippen molar-refractivity contribution in [2.45, 2.75) is 96.7 Å². The molecule has 4 nitrogen and oxygen atoms in total. The van der Waals surface area contributed by atoms with Crippen LogP contribution in [-0.4, -0.2) is 41.0 Å². The molecular weight excluding hydrogens is 428 g/mol. The molecule has 4 atom stereocenters. The predicted octanol–water partition coefficient (Wildman–Crippen LogP) is 6.80. The summed E-state index contributed by atoms with van der Waals surface area (Å²) < 4.78 is 23.5. The Morgan fingerprint density at radius 1 is 1.12 bits per heavy atom. The minimum absolute atomic E-state index is 0.201. The fourth-order valence-corrected chi connectivity index (χ4v) is 5.53. The van der Waals surface area contributed by atoms with Gasteiger partial charge in [-0.1, -0.05) is 57.0 Å². The van der Waals surface area contributed by atoms with Crippen LogP contribution in [0.4, 0.5) is 0 Å². The fraction of sp³-hybridized carbons (Fsp3) is 0.714. The maximum absolute atomic E-state index is 6.48. The Kier molecular flexibility index (Phi) is 11.6. The van der Waals surface area contributed by atoms with E-state index in [1.54, 1.807) is 7.11 Å². The van der Waals surface area contributed by atoms with Gasteiger partial charge in [-0.05, 0) is 62.2 Å². The first kappa shape index (κ1) is 28.1. The highest BCUT2D eigenvalue weighted by Crippen LogP contribution is 2.38. The van der Waals surface area contributed by atoms with Gasteiger partial charge in [0.15, 0.2) is 8.32 Å². The number of rotatable bonds is 12. The number of methoxy groups -OCH3 is 1. The lowest BCUT2D eigenvalue weighted by Gasteiger charge is -2.38. The van der Waals surface area contributed by atoms with Crippen molar-refractivity contribution in [1.29, 1.82) is 0 Å². The van der Waals surface area contributed by atoms with Gasteiger partial charge < -0.3 is 18.6 Å². The minimum atomic E-state index is -1.70. The molecule has 186 valence electrons. The standard InChI is InChI=1S/C28H46O4Si/c1-23(32-33(6,7)28(2,3)4)14-10-8-13-17-25-18-27(31-22-29-5)19-26(25)21-30-20-24-15-11-9-12-16-24/h9,11-12,15-16,23,25-27H,8,10,14,18-22H2,1-7H3/t23-,25+,26-,27-/m0/s1. The molecule has 2 rings (SSSR count). The average molecular weight is 475 g/mol. The maximum Gasteiger partial charge on any atom is 0.192 e. The van der Waals surface area contributed by atoms with Gasteiger partial charge in [0, 0.05) is 25.6 Å². The summed E-state index contributed by atoms with van der Waals surface area (Å²) in [5, 5.41) is 0.253. The molecule has 1 aromatic rings. The van der Waals surface area contributed by atoms with Crippen molar-refractivity contribution in [1.82, 2.24) is 0 Å². The van der Waals surface area contributed by atoms with Gasteiger partial charge in [-0.3, -0.25) is 0 Å². The average Bonchev–Trinajstić information content (AvgIpc) is 3.13. The molecule has 1 aromatic carbocycles. The molecule has 0 aromatic heterocycles. The van der Waals surface area contributed by atoms with E-state index >= 15 is 0 Å². The Bertz CT molecular complexity index is 732. The fourth-order valence-electron chi connectivity index (χ4n) is 4.06. The van der Waals surface area contributed by atoms with E-state index in [-0.39, 0.29) is 11.1 Å². The lowest BCUT2D eigenvalue weighted by Crippen LogP contribution is -2.43. The molecule has 0 heterocycles. The monoisotopic (exact) mass is 474 g/mol. The van der Waals surface area contributed by atoms with Crippen LogP contribution < -0.4 is 0 Å². The highest BCUT2D eigenvalue weighted by molar-refractivity contribution is 6.74. The molecule has 1 fully saturated rings. The molecule has 0 amide bonds. The van der Waals surface area contributed by atoms with Gasteiger partial charge in [-0.25, -0.2) is 0 Å². The first-order valence-corrected chi connectivity index (χ1v) is 15.4. The number of ether oxygens (including phenoxy) is 3. The lowest BCUT2D eigenvalue weighted by atomic mass is 9.97. The van der Waals surface area contributed by atoms with Crippen LogP contribution in [0.1, 0.15) is 65.4 Å². The maximum atomic E-state index is 6.48. The van der Waals surface area contributed by atoms with Crippen LogP contribution in [0.5, 0.6) is 0 Å². The molecule has 0 N–H and O–H groups in total. The number of benzene rings is 1. The first-order chi connectivity index (χ1) is 15.6. The van der Waals surface area contributed by atoms with Crippen LogP contribution in [0, 0.1) is 23.7 Å². The smallest absolute Gasteiger partial charge is 0.192 e. The van der Waals surface area contributed by atoms with E-state index in [1.165, 1.54) is 5.56 Å². The third kappa shape index (κ3) is 9.92. The van der Waals surface area contributed by atoms with Crippen LogP contribution in [0.25, 0.3) is 0 Å². The topological polar surface area (TPSA) is 36.9 Å². The highest BCUT2D eigenvalue weighted by Gasteiger charge is 2.38. The van der Waals surface area contributed by atoms with E-state index in [0.717, 1.165) is 38.7 Å². The van der Waals surface area contributed by atoms with E-state index in [0.29, 0.717) is 31.3 Å². The summed E-state index contributed by atoms with van der Waals surface area (Å²) in [5.74, 6) is 7.73.